The van der Waals surface area contributed by atoms with Crippen LogP contribution >= 0.6 is 0 Å². The zero-order valence-corrected chi connectivity index (χ0v) is 13.1. The van der Waals surface area contributed by atoms with Crippen molar-refractivity contribution in [3.8, 4) is 0 Å². The Labute approximate surface area is 130 Å². The van der Waals surface area contributed by atoms with Gasteiger partial charge in [-0.15, -0.1) is 4.91 Å². The second kappa shape index (κ2) is 5.72. The molecule has 0 bridgehead atoms. The summed E-state index contributed by atoms with van der Waals surface area (Å²) in [5.41, 5.74) is 0.125. The molecule has 2 aliphatic rings. The largest absolute Gasteiger partial charge is 0.392 e. The summed E-state index contributed by atoms with van der Waals surface area (Å²) in [7, 11) is -3.65. The summed E-state index contributed by atoms with van der Waals surface area (Å²) in [6.07, 6.45) is 4.22. The van der Waals surface area contributed by atoms with E-state index in [0.717, 1.165) is 25.7 Å². The molecule has 2 fully saturated rings. The number of piperidine rings is 1. The van der Waals surface area contributed by atoms with Gasteiger partial charge in [0.1, 0.15) is 5.69 Å². The van der Waals surface area contributed by atoms with Gasteiger partial charge in [-0.2, -0.15) is 4.31 Å². The predicted octanol–water partition coefficient (Wildman–Crippen LogP) is 2.40. The van der Waals surface area contributed by atoms with Gasteiger partial charge in [0.05, 0.1) is 11.0 Å². The summed E-state index contributed by atoms with van der Waals surface area (Å²) in [5, 5.41) is 12.9. The first-order chi connectivity index (χ1) is 10.5. The maximum absolute atomic E-state index is 12.8. The molecule has 1 aliphatic heterocycles. The summed E-state index contributed by atoms with van der Waals surface area (Å²) in [5.74, 6) is 0. The molecule has 7 heteroatoms. The molecule has 3 rings (SSSR count). The van der Waals surface area contributed by atoms with Crippen molar-refractivity contribution in [2.75, 3.05) is 13.1 Å². The fourth-order valence-electron chi connectivity index (χ4n) is 3.80. The first-order valence-electron chi connectivity index (χ1n) is 7.57. The maximum atomic E-state index is 12.8. The molecule has 0 aromatic heterocycles. The molecule has 0 amide bonds. The summed E-state index contributed by atoms with van der Waals surface area (Å²) in [4.78, 5) is 10.6. The van der Waals surface area contributed by atoms with Gasteiger partial charge in [-0.3, -0.25) is 0 Å². The normalized spacial score (nSPS) is 25.4. The molecule has 1 unspecified atom stereocenters. The Morgan fingerprint density at radius 2 is 1.82 bits per heavy atom. The van der Waals surface area contributed by atoms with Crippen LogP contribution in [0.15, 0.2) is 34.3 Å². The van der Waals surface area contributed by atoms with Gasteiger partial charge in [-0.1, -0.05) is 12.8 Å². The third-order valence-electron chi connectivity index (χ3n) is 4.84. The summed E-state index contributed by atoms with van der Waals surface area (Å²) < 4.78 is 27.0. The molecule has 1 atom stereocenters. The predicted molar refractivity (Wildman–Crippen MR) is 82.2 cm³/mol. The van der Waals surface area contributed by atoms with E-state index in [4.69, 9.17) is 0 Å². The Bertz CT molecular complexity index is 651. The molecule has 1 heterocycles. The van der Waals surface area contributed by atoms with Gasteiger partial charge in [-0.25, -0.2) is 8.42 Å². The van der Waals surface area contributed by atoms with Crippen molar-refractivity contribution in [2.24, 2.45) is 10.6 Å². The van der Waals surface area contributed by atoms with Crippen LogP contribution in [0.1, 0.15) is 32.1 Å². The molecule has 1 aromatic rings. The number of sulfonamides is 1. The third kappa shape index (κ3) is 2.80. The van der Waals surface area contributed by atoms with Crippen molar-refractivity contribution >= 4 is 15.7 Å². The SMILES string of the molecule is O=Nc1ccc(S(=O)(=O)N2CC(O)CC3(CCCC3)C2)cc1. The van der Waals surface area contributed by atoms with Crippen molar-refractivity contribution in [1.82, 2.24) is 4.31 Å². The maximum Gasteiger partial charge on any atom is 0.243 e. The van der Waals surface area contributed by atoms with Gasteiger partial charge in [0.15, 0.2) is 0 Å². The van der Waals surface area contributed by atoms with E-state index in [1.165, 1.54) is 28.6 Å². The Hall–Kier alpha value is -1.31. The average Bonchev–Trinajstić information content (AvgIpc) is 2.94. The standard InChI is InChI=1S/C15H20N2O4S/c18-13-9-15(7-1-2-8-15)11-17(10-13)22(20,21)14-5-3-12(16-19)4-6-14/h3-6,13,18H,1-2,7-11H2. The van der Waals surface area contributed by atoms with Crippen LogP contribution in [0.25, 0.3) is 0 Å². The molecular weight excluding hydrogens is 304 g/mol. The number of nitrogens with zero attached hydrogens (tertiary/aromatic N) is 2. The van der Waals surface area contributed by atoms with Gasteiger partial charge >= 0.3 is 0 Å². The van der Waals surface area contributed by atoms with Crippen molar-refractivity contribution in [2.45, 2.75) is 43.1 Å². The number of hydrogen-bond donors (Lipinski definition) is 1. The molecular formula is C15H20N2O4S. The smallest absolute Gasteiger partial charge is 0.243 e. The van der Waals surface area contributed by atoms with Crippen molar-refractivity contribution in [1.29, 1.82) is 0 Å². The van der Waals surface area contributed by atoms with E-state index in [9.17, 15) is 18.4 Å². The van der Waals surface area contributed by atoms with Gasteiger partial charge in [0.25, 0.3) is 0 Å². The zero-order chi connectivity index (χ0) is 15.8. The number of aliphatic hydroxyl groups is 1. The fourth-order valence-corrected chi connectivity index (χ4v) is 5.39. The molecule has 1 saturated heterocycles. The number of aliphatic hydroxyl groups excluding tert-OH is 1. The van der Waals surface area contributed by atoms with Crippen LogP contribution in [0.4, 0.5) is 5.69 Å². The Balaban J connectivity index is 1.88. The lowest BCUT2D eigenvalue weighted by Crippen LogP contribution is -2.50. The number of β-amino-alcohol motifs (C(OH)–C–C–N with tert-alkyl or cyclic N) is 1. The second-order valence-corrected chi connectivity index (χ2v) is 8.39. The van der Waals surface area contributed by atoms with Crippen LogP contribution in [0.2, 0.25) is 0 Å². The van der Waals surface area contributed by atoms with Crippen LogP contribution < -0.4 is 0 Å². The fraction of sp³-hybridized carbons (Fsp3) is 0.600. The molecule has 1 spiro atoms. The molecule has 22 heavy (non-hydrogen) atoms. The van der Waals surface area contributed by atoms with Crippen molar-refractivity contribution in [3.63, 3.8) is 0 Å². The Morgan fingerprint density at radius 3 is 2.41 bits per heavy atom. The zero-order valence-electron chi connectivity index (χ0n) is 12.3. The lowest BCUT2D eigenvalue weighted by molar-refractivity contribution is 0.0269. The van der Waals surface area contributed by atoms with Crippen LogP contribution in [-0.4, -0.2) is 37.0 Å². The lowest BCUT2D eigenvalue weighted by atomic mass is 9.78. The minimum Gasteiger partial charge on any atom is -0.392 e. The van der Waals surface area contributed by atoms with Crippen molar-refractivity contribution < 1.29 is 13.5 Å². The topological polar surface area (TPSA) is 87.0 Å². The molecule has 1 aromatic carbocycles. The average molecular weight is 324 g/mol. The van der Waals surface area contributed by atoms with Crippen LogP contribution in [-0.2, 0) is 10.0 Å². The van der Waals surface area contributed by atoms with Gasteiger partial charge in [0.2, 0.25) is 10.0 Å². The number of rotatable bonds is 3. The van der Waals surface area contributed by atoms with Crippen molar-refractivity contribution in [3.05, 3.63) is 29.2 Å². The third-order valence-corrected chi connectivity index (χ3v) is 6.66. The molecule has 1 saturated carbocycles. The summed E-state index contributed by atoms with van der Waals surface area (Å²) in [6, 6.07) is 5.58. The van der Waals surface area contributed by atoms with E-state index in [1.807, 2.05) is 0 Å². The number of hydrogen-bond acceptors (Lipinski definition) is 5. The quantitative estimate of drug-likeness (QED) is 0.865. The number of nitroso groups, excluding NO2 is 1. The van der Waals surface area contributed by atoms with E-state index >= 15 is 0 Å². The highest BCUT2D eigenvalue weighted by molar-refractivity contribution is 7.89. The molecule has 1 N–H and O–H groups in total. The van der Waals surface area contributed by atoms with Crippen LogP contribution in [0.5, 0.6) is 0 Å². The van der Waals surface area contributed by atoms with E-state index in [0.29, 0.717) is 13.0 Å². The lowest BCUT2D eigenvalue weighted by Gasteiger charge is -2.42. The highest BCUT2D eigenvalue weighted by Gasteiger charge is 2.44. The van der Waals surface area contributed by atoms with Gasteiger partial charge in [-0.05, 0) is 54.1 Å². The first-order valence-corrected chi connectivity index (χ1v) is 9.01. The Morgan fingerprint density at radius 1 is 1.18 bits per heavy atom. The minimum atomic E-state index is -3.65. The highest BCUT2D eigenvalue weighted by Crippen LogP contribution is 2.45. The van der Waals surface area contributed by atoms with Crippen LogP contribution in [0, 0.1) is 10.3 Å². The van der Waals surface area contributed by atoms with Gasteiger partial charge < -0.3 is 5.11 Å². The highest BCUT2D eigenvalue weighted by atomic mass is 32.2. The summed E-state index contributed by atoms with van der Waals surface area (Å²) >= 11 is 0. The van der Waals surface area contributed by atoms with Crippen LogP contribution in [0.3, 0.4) is 0 Å². The second-order valence-electron chi connectivity index (χ2n) is 6.45. The molecule has 1 aliphatic carbocycles. The molecule has 0 radical (unpaired) electrons. The van der Waals surface area contributed by atoms with Gasteiger partial charge in [0, 0.05) is 13.1 Å². The minimum absolute atomic E-state index is 0.0744. The number of benzene rings is 1. The Kier molecular flexibility index (Phi) is 4.05. The van der Waals surface area contributed by atoms with E-state index in [1.54, 1.807) is 0 Å². The molecule has 6 nitrogen and oxygen atoms in total. The van der Waals surface area contributed by atoms with E-state index in [-0.39, 0.29) is 22.5 Å². The van der Waals surface area contributed by atoms with E-state index in [2.05, 4.69) is 5.18 Å². The van der Waals surface area contributed by atoms with E-state index < -0.39 is 16.1 Å². The first kappa shape index (κ1) is 15.6. The monoisotopic (exact) mass is 324 g/mol. The molecule has 120 valence electrons. The summed E-state index contributed by atoms with van der Waals surface area (Å²) in [6.45, 7) is 0.609.